The molecule has 0 saturated carbocycles. The molecule has 1 saturated heterocycles. The summed E-state index contributed by atoms with van der Waals surface area (Å²) < 4.78 is 38.4. The Morgan fingerprint density at radius 1 is 1.29 bits per heavy atom. The summed E-state index contributed by atoms with van der Waals surface area (Å²) in [6.45, 7) is 6.34. The average molecular weight is 453 g/mol. The summed E-state index contributed by atoms with van der Waals surface area (Å²) in [4.78, 5) is 24.4. The zero-order chi connectivity index (χ0) is 22.8. The van der Waals surface area contributed by atoms with Crippen LogP contribution in [0.3, 0.4) is 0 Å². The SMILES string of the molecule is CC1=CC(=NN=C2NC(=O)[C@H](CC(=O)Nc3cccc(C(F)(F)F)c3)S2)CC(C)(C)C1. The van der Waals surface area contributed by atoms with E-state index in [-0.39, 0.29) is 23.4 Å². The van der Waals surface area contributed by atoms with Crippen LogP contribution in [0.15, 0.2) is 46.1 Å². The highest BCUT2D eigenvalue weighted by molar-refractivity contribution is 8.15. The molecule has 1 aliphatic heterocycles. The van der Waals surface area contributed by atoms with Gasteiger partial charge >= 0.3 is 6.18 Å². The van der Waals surface area contributed by atoms with E-state index in [2.05, 4.69) is 34.7 Å². The first-order valence-electron chi connectivity index (χ1n) is 9.68. The third kappa shape index (κ3) is 6.43. The highest BCUT2D eigenvalue weighted by Gasteiger charge is 2.33. The number of hydrogen-bond donors (Lipinski definition) is 2. The van der Waals surface area contributed by atoms with Crippen LogP contribution < -0.4 is 10.6 Å². The van der Waals surface area contributed by atoms with Crippen LogP contribution in [-0.4, -0.2) is 27.9 Å². The lowest BCUT2D eigenvalue weighted by molar-refractivity contribution is -0.137. The first kappa shape index (κ1) is 23.1. The fraction of sp³-hybridized carbons (Fsp3) is 0.429. The second kappa shape index (κ2) is 8.86. The zero-order valence-electron chi connectivity index (χ0n) is 17.3. The molecule has 0 bridgehead atoms. The van der Waals surface area contributed by atoms with E-state index in [9.17, 15) is 22.8 Å². The number of nitrogens with one attached hydrogen (secondary N) is 2. The Hall–Kier alpha value is -2.62. The van der Waals surface area contributed by atoms with Crippen molar-refractivity contribution in [2.24, 2.45) is 15.6 Å². The topological polar surface area (TPSA) is 82.9 Å². The molecule has 0 unspecified atom stereocenters. The maximum absolute atomic E-state index is 12.8. The molecule has 0 spiro atoms. The van der Waals surface area contributed by atoms with Gasteiger partial charge < -0.3 is 10.6 Å². The van der Waals surface area contributed by atoms with Crippen LogP contribution in [0.1, 0.15) is 45.6 Å². The molecule has 2 amide bonds. The molecule has 166 valence electrons. The lowest BCUT2D eigenvalue weighted by atomic mass is 9.77. The van der Waals surface area contributed by atoms with Gasteiger partial charge in [0.15, 0.2) is 5.17 Å². The Balaban J connectivity index is 1.61. The number of thioether (sulfide) groups is 1. The van der Waals surface area contributed by atoms with Gasteiger partial charge in [0, 0.05) is 12.1 Å². The number of rotatable bonds is 4. The molecule has 1 aromatic carbocycles. The molecule has 1 heterocycles. The molecule has 10 heteroatoms. The normalized spacial score (nSPS) is 23.6. The second-order valence-electron chi connectivity index (χ2n) is 8.43. The average Bonchev–Trinajstić information content (AvgIpc) is 2.97. The number of amides is 2. The van der Waals surface area contributed by atoms with E-state index in [1.807, 2.05) is 13.0 Å². The number of benzene rings is 1. The number of allylic oxidation sites excluding steroid dienone is 2. The van der Waals surface area contributed by atoms with E-state index in [4.69, 9.17) is 0 Å². The van der Waals surface area contributed by atoms with Crippen molar-refractivity contribution >= 4 is 40.1 Å². The molecule has 1 fully saturated rings. The van der Waals surface area contributed by atoms with Gasteiger partial charge in [0.1, 0.15) is 5.25 Å². The van der Waals surface area contributed by atoms with E-state index in [1.54, 1.807) is 0 Å². The summed E-state index contributed by atoms with van der Waals surface area (Å²) in [6, 6.07) is 4.34. The fourth-order valence-corrected chi connectivity index (χ4v) is 4.53. The van der Waals surface area contributed by atoms with Crippen LogP contribution in [0.5, 0.6) is 0 Å². The Kier molecular flexibility index (Phi) is 6.59. The summed E-state index contributed by atoms with van der Waals surface area (Å²) in [5.41, 5.74) is 1.28. The van der Waals surface area contributed by atoms with E-state index in [0.717, 1.165) is 42.4 Å². The number of nitrogens with zero attached hydrogens (tertiary/aromatic N) is 2. The lowest BCUT2D eigenvalue weighted by Crippen LogP contribution is -2.28. The van der Waals surface area contributed by atoms with Gasteiger partial charge in [0.25, 0.3) is 0 Å². The quantitative estimate of drug-likeness (QED) is 0.647. The van der Waals surface area contributed by atoms with Crippen molar-refractivity contribution in [1.29, 1.82) is 0 Å². The third-order valence-corrected chi connectivity index (χ3v) is 5.79. The molecule has 3 rings (SSSR count). The molecule has 31 heavy (non-hydrogen) atoms. The number of alkyl halides is 3. The Morgan fingerprint density at radius 3 is 2.71 bits per heavy atom. The monoisotopic (exact) mass is 452 g/mol. The van der Waals surface area contributed by atoms with Crippen molar-refractivity contribution in [3.63, 3.8) is 0 Å². The lowest BCUT2D eigenvalue weighted by Gasteiger charge is -2.28. The van der Waals surface area contributed by atoms with Crippen molar-refractivity contribution in [1.82, 2.24) is 5.32 Å². The smallest absolute Gasteiger partial charge is 0.326 e. The molecule has 6 nitrogen and oxygen atoms in total. The van der Waals surface area contributed by atoms with Gasteiger partial charge in [0.2, 0.25) is 11.8 Å². The van der Waals surface area contributed by atoms with E-state index in [1.165, 1.54) is 17.7 Å². The number of carbonyl (C=O) groups excluding carboxylic acids is 2. The predicted molar refractivity (Wildman–Crippen MR) is 116 cm³/mol. The van der Waals surface area contributed by atoms with Gasteiger partial charge in [-0.25, -0.2) is 0 Å². The van der Waals surface area contributed by atoms with Gasteiger partial charge in [-0.15, -0.1) is 5.10 Å². The summed E-state index contributed by atoms with van der Waals surface area (Å²) >= 11 is 1.08. The maximum Gasteiger partial charge on any atom is 0.416 e. The van der Waals surface area contributed by atoms with Crippen LogP contribution >= 0.6 is 11.8 Å². The van der Waals surface area contributed by atoms with Crippen molar-refractivity contribution in [2.45, 2.75) is 51.5 Å². The van der Waals surface area contributed by atoms with E-state index >= 15 is 0 Å². The number of carbonyl (C=O) groups is 2. The van der Waals surface area contributed by atoms with E-state index in [0.29, 0.717) is 5.17 Å². The van der Waals surface area contributed by atoms with Crippen LogP contribution in [0.4, 0.5) is 18.9 Å². The van der Waals surface area contributed by atoms with Crippen LogP contribution in [-0.2, 0) is 15.8 Å². The Bertz CT molecular complexity index is 983. The van der Waals surface area contributed by atoms with Gasteiger partial charge in [-0.05, 0) is 49.5 Å². The number of amidine groups is 1. The first-order chi connectivity index (χ1) is 14.4. The first-order valence-corrected chi connectivity index (χ1v) is 10.6. The zero-order valence-corrected chi connectivity index (χ0v) is 18.2. The van der Waals surface area contributed by atoms with Crippen molar-refractivity contribution in [3.05, 3.63) is 41.5 Å². The van der Waals surface area contributed by atoms with Gasteiger partial charge in [0.05, 0.1) is 11.3 Å². The molecule has 2 aliphatic rings. The number of hydrogen-bond acceptors (Lipinski definition) is 5. The molecule has 1 atom stereocenters. The summed E-state index contributed by atoms with van der Waals surface area (Å²) in [5.74, 6) is -0.953. The maximum atomic E-state index is 12.8. The van der Waals surface area contributed by atoms with Gasteiger partial charge in [-0.3, -0.25) is 9.59 Å². The summed E-state index contributed by atoms with van der Waals surface area (Å²) in [7, 11) is 0. The minimum absolute atomic E-state index is 0.0191. The summed E-state index contributed by atoms with van der Waals surface area (Å²) in [6.07, 6.45) is -0.971. The van der Waals surface area contributed by atoms with Crippen LogP contribution in [0, 0.1) is 5.41 Å². The Labute approximate surface area is 182 Å². The minimum Gasteiger partial charge on any atom is -0.326 e. The highest BCUT2D eigenvalue weighted by atomic mass is 32.2. The van der Waals surface area contributed by atoms with Crippen LogP contribution in [0.25, 0.3) is 0 Å². The fourth-order valence-electron chi connectivity index (χ4n) is 3.61. The predicted octanol–water partition coefficient (Wildman–Crippen LogP) is 4.74. The largest absolute Gasteiger partial charge is 0.416 e. The minimum atomic E-state index is -4.50. The van der Waals surface area contributed by atoms with Crippen molar-refractivity contribution in [3.8, 4) is 0 Å². The van der Waals surface area contributed by atoms with Gasteiger partial charge in [-0.2, -0.15) is 18.3 Å². The third-order valence-electron chi connectivity index (χ3n) is 4.72. The molecule has 0 radical (unpaired) electrons. The molecule has 1 aliphatic carbocycles. The highest BCUT2D eigenvalue weighted by Crippen LogP contribution is 2.34. The number of halogens is 3. The van der Waals surface area contributed by atoms with E-state index < -0.39 is 22.9 Å². The standard InChI is InChI=1S/C21H23F3N4O2S/c1-12-7-15(11-20(2,3)10-12)27-28-19-26-18(30)16(31-19)9-17(29)25-14-6-4-5-13(8-14)21(22,23)24/h4-8,16H,9-11H2,1-3H3,(H,25,29)(H,26,28,30)/t16-/m0/s1. The Morgan fingerprint density at radius 2 is 2.03 bits per heavy atom. The molecule has 1 aromatic rings. The molecular formula is C21H23F3N4O2S. The summed E-state index contributed by atoms with van der Waals surface area (Å²) in [5, 5.41) is 12.9. The number of anilines is 1. The molecule has 2 N–H and O–H groups in total. The second-order valence-corrected chi connectivity index (χ2v) is 9.62. The van der Waals surface area contributed by atoms with Gasteiger partial charge in [-0.1, -0.05) is 37.2 Å². The molecule has 0 aromatic heterocycles. The molecular weight excluding hydrogens is 429 g/mol. The van der Waals surface area contributed by atoms with Crippen molar-refractivity contribution < 1.29 is 22.8 Å². The van der Waals surface area contributed by atoms with Crippen molar-refractivity contribution in [2.75, 3.05) is 5.32 Å². The van der Waals surface area contributed by atoms with Crippen LogP contribution in [0.2, 0.25) is 0 Å².